The van der Waals surface area contributed by atoms with Crippen LogP contribution in [-0.2, 0) is 9.53 Å². The molecule has 162 valence electrons. The minimum Gasteiger partial charge on any atom is -0.466 e. The molecule has 0 aromatic carbocycles. The Hall–Kier alpha value is -0.530. The van der Waals surface area contributed by atoms with Crippen molar-refractivity contribution in [3.63, 3.8) is 0 Å². The highest BCUT2D eigenvalue weighted by Gasteiger charge is 2.22. The summed E-state index contributed by atoms with van der Waals surface area (Å²) in [5.41, 5.74) is 0.636. The normalized spacial score (nSPS) is 12.4. The molecule has 0 saturated carbocycles. The monoisotopic (exact) mass is 382 g/mol. The van der Waals surface area contributed by atoms with E-state index >= 15 is 0 Å². The van der Waals surface area contributed by atoms with Crippen molar-refractivity contribution in [2.24, 2.45) is 10.8 Å². The molecule has 0 aliphatic rings. The molecule has 0 saturated heterocycles. The molecule has 0 spiro atoms. The van der Waals surface area contributed by atoms with Crippen molar-refractivity contribution < 1.29 is 9.53 Å². The van der Waals surface area contributed by atoms with Crippen LogP contribution in [0.3, 0.4) is 0 Å². The maximum absolute atomic E-state index is 11.6. The van der Waals surface area contributed by atoms with Gasteiger partial charge in [0.1, 0.15) is 0 Å². The van der Waals surface area contributed by atoms with E-state index < -0.39 is 0 Å². The first kappa shape index (κ1) is 26.5. The molecule has 27 heavy (non-hydrogen) atoms. The van der Waals surface area contributed by atoms with Gasteiger partial charge in [-0.05, 0) is 37.0 Å². The third-order valence-electron chi connectivity index (χ3n) is 5.81. The Morgan fingerprint density at radius 1 is 0.630 bits per heavy atom. The van der Waals surface area contributed by atoms with Gasteiger partial charge >= 0.3 is 5.97 Å². The Morgan fingerprint density at radius 3 is 1.44 bits per heavy atom. The van der Waals surface area contributed by atoms with E-state index in [0.29, 0.717) is 18.4 Å². The Labute approximate surface area is 171 Å². The molecule has 0 rings (SSSR count). The third kappa shape index (κ3) is 17.3. The fourth-order valence-electron chi connectivity index (χ4n) is 4.11. The zero-order valence-electron chi connectivity index (χ0n) is 19.6. The lowest BCUT2D eigenvalue weighted by Crippen LogP contribution is -2.18. The predicted molar refractivity (Wildman–Crippen MR) is 119 cm³/mol. The number of unbranched alkanes of at least 4 members (excludes halogenated alkanes) is 9. The van der Waals surface area contributed by atoms with Crippen LogP contribution in [0.2, 0.25) is 0 Å². The van der Waals surface area contributed by atoms with Crippen LogP contribution < -0.4 is 0 Å². The molecule has 0 heterocycles. The highest BCUT2D eigenvalue weighted by molar-refractivity contribution is 5.70. The summed E-state index contributed by atoms with van der Waals surface area (Å²) in [5, 5.41) is 0. The van der Waals surface area contributed by atoms with Crippen molar-refractivity contribution in [2.45, 2.75) is 138 Å². The van der Waals surface area contributed by atoms with E-state index in [1.165, 1.54) is 83.5 Å². The van der Waals surface area contributed by atoms with Crippen LogP contribution in [0.25, 0.3) is 0 Å². The Morgan fingerprint density at radius 2 is 1.04 bits per heavy atom. The van der Waals surface area contributed by atoms with E-state index in [2.05, 4.69) is 34.6 Å². The molecule has 2 nitrogen and oxygen atoms in total. The van der Waals surface area contributed by atoms with Gasteiger partial charge in [-0.2, -0.15) is 0 Å². The average molecular weight is 383 g/mol. The van der Waals surface area contributed by atoms with E-state index in [-0.39, 0.29) is 11.4 Å². The second-order valence-electron chi connectivity index (χ2n) is 10.1. The van der Waals surface area contributed by atoms with Crippen molar-refractivity contribution in [1.29, 1.82) is 0 Å². The summed E-state index contributed by atoms with van der Waals surface area (Å²) in [7, 11) is 0. The van der Waals surface area contributed by atoms with Crippen LogP contribution in [0, 0.1) is 10.8 Å². The van der Waals surface area contributed by atoms with Gasteiger partial charge in [0, 0.05) is 0 Å². The number of ether oxygens (including phenoxy) is 1. The molecule has 0 amide bonds. The summed E-state index contributed by atoms with van der Waals surface area (Å²) in [6, 6.07) is 0. The summed E-state index contributed by atoms with van der Waals surface area (Å²) in [5.74, 6) is -0.0450. The Balaban J connectivity index is 3.44. The van der Waals surface area contributed by atoms with Crippen LogP contribution in [-0.4, -0.2) is 12.6 Å². The quantitative estimate of drug-likeness (QED) is 0.175. The molecule has 0 radical (unpaired) electrons. The van der Waals surface area contributed by atoms with Crippen molar-refractivity contribution in [2.75, 3.05) is 6.61 Å². The molecule has 0 atom stereocenters. The largest absolute Gasteiger partial charge is 0.466 e. The summed E-state index contributed by atoms with van der Waals surface area (Å²) in [6.45, 7) is 13.9. The van der Waals surface area contributed by atoms with Gasteiger partial charge < -0.3 is 4.74 Å². The topological polar surface area (TPSA) is 26.3 Å². The third-order valence-corrected chi connectivity index (χ3v) is 5.81. The van der Waals surface area contributed by atoms with E-state index in [1.54, 1.807) is 0 Å². The van der Waals surface area contributed by atoms with E-state index in [9.17, 15) is 4.79 Å². The summed E-state index contributed by atoms with van der Waals surface area (Å²) in [6.07, 6.45) is 19.5. The highest BCUT2D eigenvalue weighted by Crippen LogP contribution is 2.30. The number of carbonyl (C=O) groups excluding carboxylic acids is 1. The highest BCUT2D eigenvalue weighted by atomic mass is 16.5. The van der Waals surface area contributed by atoms with Crippen molar-refractivity contribution in [3.8, 4) is 0 Å². The van der Waals surface area contributed by atoms with Gasteiger partial charge in [0.25, 0.3) is 0 Å². The molecule has 0 N–H and O–H groups in total. The van der Waals surface area contributed by atoms with Gasteiger partial charge in [-0.25, -0.2) is 0 Å². The predicted octanol–water partition coefficient (Wildman–Crippen LogP) is 8.47. The summed E-state index contributed by atoms with van der Waals surface area (Å²) in [4.78, 5) is 11.6. The Bertz CT molecular complexity index is 357. The molecular formula is C25H50O2. The smallest absolute Gasteiger partial charge is 0.306 e. The van der Waals surface area contributed by atoms with Gasteiger partial charge in [-0.15, -0.1) is 0 Å². The molecule has 0 bridgehead atoms. The molecule has 2 heteroatoms. The van der Waals surface area contributed by atoms with Gasteiger partial charge in [0.2, 0.25) is 0 Å². The SMILES string of the molecule is CCCC(C)(C)CCCCCCCCCCCCC(C)(C)CC(=O)OCC. The van der Waals surface area contributed by atoms with Crippen LogP contribution in [0.5, 0.6) is 0 Å². The lowest BCUT2D eigenvalue weighted by molar-refractivity contribution is -0.145. The van der Waals surface area contributed by atoms with Crippen molar-refractivity contribution in [3.05, 3.63) is 0 Å². The maximum atomic E-state index is 11.6. The molecule has 0 aliphatic carbocycles. The fraction of sp³-hybridized carbons (Fsp3) is 0.960. The molecule has 0 aliphatic heterocycles. The number of hydrogen-bond donors (Lipinski definition) is 0. The fourth-order valence-corrected chi connectivity index (χ4v) is 4.11. The zero-order valence-corrected chi connectivity index (χ0v) is 19.6. The number of esters is 1. The van der Waals surface area contributed by atoms with Gasteiger partial charge in [0.15, 0.2) is 0 Å². The number of carbonyl (C=O) groups is 1. The molecule has 0 aromatic rings. The van der Waals surface area contributed by atoms with Crippen LogP contribution in [0.15, 0.2) is 0 Å². The minimum absolute atomic E-state index is 0.0450. The van der Waals surface area contributed by atoms with E-state index in [4.69, 9.17) is 4.74 Å². The van der Waals surface area contributed by atoms with Gasteiger partial charge in [-0.3, -0.25) is 4.79 Å². The first-order valence-electron chi connectivity index (χ1n) is 11.9. The molecular weight excluding hydrogens is 332 g/mol. The van der Waals surface area contributed by atoms with Crippen molar-refractivity contribution >= 4 is 5.97 Å². The molecule has 0 fully saturated rings. The second-order valence-corrected chi connectivity index (χ2v) is 10.1. The lowest BCUT2D eigenvalue weighted by Gasteiger charge is -2.23. The van der Waals surface area contributed by atoms with E-state index in [1.807, 2.05) is 6.92 Å². The van der Waals surface area contributed by atoms with Crippen molar-refractivity contribution in [1.82, 2.24) is 0 Å². The molecule has 0 unspecified atom stereocenters. The summed E-state index contributed by atoms with van der Waals surface area (Å²) >= 11 is 0. The number of hydrogen-bond acceptors (Lipinski definition) is 2. The van der Waals surface area contributed by atoms with Crippen LogP contribution in [0.1, 0.15) is 138 Å². The average Bonchev–Trinajstić information content (AvgIpc) is 2.55. The minimum atomic E-state index is -0.0450. The lowest BCUT2D eigenvalue weighted by atomic mass is 9.83. The second kappa shape index (κ2) is 15.4. The Kier molecular flexibility index (Phi) is 15.1. The van der Waals surface area contributed by atoms with Gasteiger partial charge in [0.05, 0.1) is 13.0 Å². The van der Waals surface area contributed by atoms with Crippen LogP contribution >= 0.6 is 0 Å². The zero-order chi connectivity index (χ0) is 20.6. The number of rotatable bonds is 18. The summed E-state index contributed by atoms with van der Waals surface area (Å²) < 4.78 is 5.07. The first-order chi connectivity index (χ1) is 12.7. The van der Waals surface area contributed by atoms with E-state index in [0.717, 1.165) is 6.42 Å². The standard InChI is InChI=1S/C25H50O2/c1-7-19-24(3,4)20-17-15-13-11-9-10-12-14-16-18-21-25(5,6)22-23(26)27-8-2/h7-22H2,1-6H3. The van der Waals surface area contributed by atoms with Gasteiger partial charge in [-0.1, -0.05) is 105 Å². The molecule has 0 aromatic heterocycles. The first-order valence-corrected chi connectivity index (χ1v) is 11.9. The van der Waals surface area contributed by atoms with Crippen LogP contribution in [0.4, 0.5) is 0 Å². The maximum Gasteiger partial charge on any atom is 0.306 e.